The van der Waals surface area contributed by atoms with Crippen molar-refractivity contribution in [1.82, 2.24) is 4.90 Å². The Morgan fingerprint density at radius 3 is 2.65 bits per heavy atom. The molecule has 1 aliphatic heterocycles. The SMILES string of the molecule is N=C(c1cc2ccccc2o1)N1CCCCC1. The van der Waals surface area contributed by atoms with Gasteiger partial charge in [0.25, 0.3) is 0 Å². The summed E-state index contributed by atoms with van der Waals surface area (Å²) in [7, 11) is 0. The van der Waals surface area contributed by atoms with Crippen molar-refractivity contribution in [2.75, 3.05) is 13.1 Å². The molecule has 0 atom stereocenters. The fraction of sp³-hybridized carbons (Fsp3) is 0.357. The Hall–Kier alpha value is -1.77. The number of hydrogen-bond acceptors (Lipinski definition) is 2. The number of rotatable bonds is 1. The molecule has 2 aromatic rings. The second-order valence-corrected chi connectivity index (χ2v) is 4.54. The molecule has 0 saturated carbocycles. The van der Waals surface area contributed by atoms with Crippen LogP contribution in [0.25, 0.3) is 11.0 Å². The third-order valence-electron chi connectivity index (χ3n) is 3.33. The fourth-order valence-electron chi connectivity index (χ4n) is 2.37. The molecule has 3 rings (SSSR count). The number of fused-ring (bicyclic) bond motifs is 1. The van der Waals surface area contributed by atoms with Gasteiger partial charge in [-0.05, 0) is 31.4 Å². The molecule has 0 bridgehead atoms. The van der Waals surface area contributed by atoms with Gasteiger partial charge in [-0.3, -0.25) is 5.41 Å². The summed E-state index contributed by atoms with van der Waals surface area (Å²) in [6.07, 6.45) is 3.65. The van der Waals surface area contributed by atoms with Crippen molar-refractivity contribution in [3.05, 3.63) is 36.1 Å². The van der Waals surface area contributed by atoms with Crippen LogP contribution in [-0.2, 0) is 0 Å². The van der Waals surface area contributed by atoms with Gasteiger partial charge in [-0.2, -0.15) is 0 Å². The molecular weight excluding hydrogens is 212 g/mol. The zero-order valence-corrected chi connectivity index (χ0v) is 9.78. The first-order chi connectivity index (χ1) is 8.34. The van der Waals surface area contributed by atoms with E-state index in [0.717, 1.165) is 24.1 Å². The Labute approximate surface area is 101 Å². The van der Waals surface area contributed by atoms with Crippen LogP contribution in [0.4, 0.5) is 0 Å². The summed E-state index contributed by atoms with van der Waals surface area (Å²) in [6, 6.07) is 9.88. The lowest BCUT2D eigenvalue weighted by atomic mass is 10.1. The van der Waals surface area contributed by atoms with Crippen LogP contribution in [0.15, 0.2) is 34.7 Å². The second kappa shape index (κ2) is 4.24. The maximum Gasteiger partial charge on any atom is 0.170 e. The van der Waals surface area contributed by atoms with Crippen LogP contribution in [0.2, 0.25) is 0 Å². The lowest BCUT2D eigenvalue weighted by molar-refractivity contribution is 0.336. The third-order valence-corrected chi connectivity index (χ3v) is 3.33. The number of hydrogen-bond donors (Lipinski definition) is 1. The van der Waals surface area contributed by atoms with Crippen molar-refractivity contribution in [2.24, 2.45) is 0 Å². The Kier molecular flexibility index (Phi) is 2.59. The van der Waals surface area contributed by atoms with E-state index in [1.165, 1.54) is 19.3 Å². The van der Waals surface area contributed by atoms with E-state index in [1.807, 2.05) is 30.3 Å². The van der Waals surface area contributed by atoms with Gasteiger partial charge in [0.1, 0.15) is 5.58 Å². The Morgan fingerprint density at radius 2 is 1.88 bits per heavy atom. The maximum atomic E-state index is 8.19. The zero-order valence-electron chi connectivity index (χ0n) is 9.78. The van der Waals surface area contributed by atoms with Crippen LogP contribution >= 0.6 is 0 Å². The van der Waals surface area contributed by atoms with Gasteiger partial charge in [-0.1, -0.05) is 18.2 Å². The van der Waals surface area contributed by atoms with Crippen molar-refractivity contribution in [3.8, 4) is 0 Å². The minimum atomic E-state index is 0.529. The monoisotopic (exact) mass is 228 g/mol. The quantitative estimate of drug-likeness (QED) is 0.601. The number of nitrogens with zero attached hydrogens (tertiary/aromatic N) is 1. The number of likely N-dealkylation sites (tertiary alicyclic amines) is 1. The number of piperidine rings is 1. The number of para-hydroxylation sites is 1. The summed E-state index contributed by atoms with van der Waals surface area (Å²) in [6.45, 7) is 1.96. The molecule has 0 amide bonds. The van der Waals surface area contributed by atoms with E-state index in [1.54, 1.807) is 0 Å². The highest BCUT2D eigenvalue weighted by atomic mass is 16.3. The largest absolute Gasteiger partial charge is 0.453 e. The molecule has 3 heteroatoms. The van der Waals surface area contributed by atoms with Crippen LogP contribution in [0.3, 0.4) is 0 Å². The van der Waals surface area contributed by atoms with E-state index in [2.05, 4.69) is 4.90 Å². The van der Waals surface area contributed by atoms with Crippen molar-refractivity contribution in [3.63, 3.8) is 0 Å². The smallest absolute Gasteiger partial charge is 0.170 e. The lowest BCUT2D eigenvalue weighted by Crippen LogP contribution is -2.35. The first kappa shape index (κ1) is 10.4. The molecule has 1 fully saturated rings. The molecule has 1 aliphatic rings. The predicted octanol–water partition coefficient (Wildman–Crippen LogP) is 3.24. The Morgan fingerprint density at radius 1 is 1.12 bits per heavy atom. The highest BCUT2D eigenvalue weighted by Crippen LogP contribution is 2.21. The minimum absolute atomic E-state index is 0.529. The minimum Gasteiger partial charge on any atom is -0.453 e. The van der Waals surface area contributed by atoms with Crippen LogP contribution < -0.4 is 0 Å². The number of furan rings is 1. The van der Waals surface area contributed by atoms with Crippen LogP contribution in [0.1, 0.15) is 25.0 Å². The fourth-order valence-corrected chi connectivity index (χ4v) is 2.37. The number of benzene rings is 1. The molecule has 1 aromatic heterocycles. The molecule has 0 aliphatic carbocycles. The van der Waals surface area contributed by atoms with Crippen molar-refractivity contribution in [2.45, 2.75) is 19.3 Å². The topological polar surface area (TPSA) is 40.2 Å². The highest BCUT2D eigenvalue weighted by Gasteiger charge is 2.17. The van der Waals surface area contributed by atoms with Gasteiger partial charge in [0.2, 0.25) is 0 Å². The summed E-state index contributed by atoms with van der Waals surface area (Å²) < 4.78 is 5.72. The summed E-state index contributed by atoms with van der Waals surface area (Å²) in [5.74, 6) is 1.22. The first-order valence-electron chi connectivity index (χ1n) is 6.17. The van der Waals surface area contributed by atoms with Gasteiger partial charge in [0.05, 0.1) is 0 Å². The Bertz CT molecular complexity index is 505. The average molecular weight is 228 g/mol. The van der Waals surface area contributed by atoms with E-state index in [9.17, 15) is 0 Å². The molecule has 17 heavy (non-hydrogen) atoms. The highest BCUT2D eigenvalue weighted by molar-refractivity contribution is 5.97. The van der Waals surface area contributed by atoms with Crippen molar-refractivity contribution < 1.29 is 4.42 Å². The molecule has 1 N–H and O–H groups in total. The number of amidine groups is 1. The van der Waals surface area contributed by atoms with E-state index < -0.39 is 0 Å². The summed E-state index contributed by atoms with van der Waals surface area (Å²) >= 11 is 0. The van der Waals surface area contributed by atoms with Gasteiger partial charge < -0.3 is 9.32 Å². The van der Waals surface area contributed by atoms with Gasteiger partial charge in [0, 0.05) is 18.5 Å². The third kappa shape index (κ3) is 1.93. The molecule has 88 valence electrons. The standard InChI is InChI=1S/C14H16N2O/c15-14(16-8-4-1-5-9-16)13-10-11-6-2-3-7-12(11)17-13/h2-3,6-7,10,15H,1,4-5,8-9H2. The summed E-state index contributed by atoms with van der Waals surface area (Å²) in [5.41, 5.74) is 0.865. The molecule has 2 heterocycles. The predicted molar refractivity (Wildman–Crippen MR) is 68.5 cm³/mol. The zero-order chi connectivity index (χ0) is 11.7. The van der Waals surface area contributed by atoms with E-state index in [-0.39, 0.29) is 0 Å². The lowest BCUT2D eigenvalue weighted by Gasteiger charge is -2.27. The second-order valence-electron chi connectivity index (χ2n) is 4.54. The van der Waals surface area contributed by atoms with E-state index in [4.69, 9.17) is 9.83 Å². The molecule has 1 aromatic carbocycles. The summed E-state index contributed by atoms with van der Waals surface area (Å²) in [4.78, 5) is 2.11. The molecular formula is C14H16N2O. The first-order valence-corrected chi connectivity index (χ1v) is 6.17. The van der Waals surface area contributed by atoms with Gasteiger partial charge in [-0.25, -0.2) is 0 Å². The van der Waals surface area contributed by atoms with E-state index >= 15 is 0 Å². The summed E-state index contributed by atoms with van der Waals surface area (Å²) in [5, 5.41) is 9.26. The molecule has 0 spiro atoms. The van der Waals surface area contributed by atoms with Crippen LogP contribution in [-0.4, -0.2) is 23.8 Å². The molecule has 1 saturated heterocycles. The average Bonchev–Trinajstić information content (AvgIpc) is 2.82. The van der Waals surface area contributed by atoms with Gasteiger partial charge in [-0.15, -0.1) is 0 Å². The molecule has 0 unspecified atom stereocenters. The normalized spacial score (nSPS) is 16.4. The van der Waals surface area contributed by atoms with Gasteiger partial charge in [0.15, 0.2) is 11.6 Å². The molecule has 3 nitrogen and oxygen atoms in total. The molecule has 0 radical (unpaired) electrons. The van der Waals surface area contributed by atoms with Crippen LogP contribution in [0.5, 0.6) is 0 Å². The number of nitrogens with one attached hydrogen (secondary N) is 1. The van der Waals surface area contributed by atoms with Crippen LogP contribution in [0, 0.1) is 5.41 Å². The Balaban J connectivity index is 1.89. The van der Waals surface area contributed by atoms with Gasteiger partial charge >= 0.3 is 0 Å². The van der Waals surface area contributed by atoms with Crippen molar-refractivity contribution >= 4 is 16.8 Å². The maximum absolute atomic E-state index is 8.19. The van der Waals surface area contributed by atoms with Crippen molar-refractivity contribution in [1.29, 1.82) is 5.41 Å². The van der Waals surface area contributed by atoms with E-state index in [0.29, 0.717) is 11.6 Å².